The van der Waals surface area contributed by atoms with Crippen LogP contribution in [-0.2, 0) is 11.3 Å². The van der Waals surface area contributed by atoms with Crippen molar-refractivity contribution in [3.05, 3.63) is 58.0 Å². The third kappa shape index (κ3) is 5.39. The average Bonchev–Trinajstić information content (AvgIpc) is 3.25. The highest BCUT2D eigenvalue weighted by Gasteiger charge is 2.35. The lowest BCUT2D eigenvalue weighted by molar-refractivity contribution is -0.130. The van der Waals surface area contributed by atoms with Crippen LogP contribution in [0.15, 0.2) is 41.8 Å². The Kier molecular flexibility index (Phi) is 6.66. The summed E-state index contributed by atoms with van der Waals surface area (Å²) in [5.74, 6) is 1.06. The third-order valence-corrected chi connectivity index (χ3v) is 6.12. The van der Waals surface area contributed by atoms with E-state index in [1.165, 1.54) is 10.4 Å². The lowest BCUT2D eigenvalue weighted by Crippen LogP contribution is -2.38. The van der Waals surface area contributed by atoms with E-state index in [2.05, 4.69) is 36.3 Å². The number of hydrogen-bond acceptors (Lipinski definition) is 3. The maximum absolute atomic E-state index is 13.4. The summed E-state index contributed by atoms with van der Waals surface area (Å²) in [5, 5.41) is 2.11. The highest BCUT2D eigenvalue weighted by molar-refractivity contribution is 7.09. The van der Waals surface area contributed by atoms with Crippen LogP contribution in [0.25, 0.3) is 0 Å². The van der Waals surface area contributed by atoms with Crippen LogP contribution >= 0.6 is 11.3 Å². The molecule has 1 amide bonds. The van der Waals surface area contributed by atoms with Gasteiger partial charge in [0.25, 0.3) is 0 Å². The molecule has 146 valence electrons. The first kappa shape index (κ1) is 20.0. The van der Waals surface area contributed by atoms with Gasteiger partial charge in [0.15, 0.2) is 0 Å². The Balaban J connectivity index is 1.77. The van der Waals surface area contributed by atoms with Gasteiger partial charge < -0.3 is 4.90 Å². The Hall–Kier alpha value is -1.72. The Labute approximate surface area is 165 Å². The molecular formula is C22H29FN2OS. The molecule has 0 spiro atoms. The minimum atomic E-state index is -0.200. The Morgan fingerprint density at radius 3 is 2.59 bits per heavy atom. The van der Waals surface area contributed by atoms with E-state index in [1.807, 2.05) is 17.0 Å². The smallest absolute Gasteiger partial charge is 0.219 e. The number of halogens is 1. The molecule has 1 aliphatic rings. The molecule has 1 saturated heterocycles. The Morgan fingerprint density at radius 2 is 2.00 bits per heavy atom. The van der Waals surface area contributed by atoms with Crippen molar-refractivity contribution in [2.24, 2.45) is 11.8 Å². The average molecular weight is 389 g/mol. The summed E-state index contributed by atoms with van der Waals surface area (Å²) < 4.78 is 13.4. The molecule has 2 unspecified atom stereocenters. The van der Waals surface area contributed by atoms with Crippen LogP contribution in [-0.4, -0.2) is 41.9 Å². The highest BCUT2D eigenvalue weighted by Crippen LogP contribution is 2.34. The van der Waals surface area contributed by atoms with Crippen molar-refractivity contribution in [2.75, 3.05) is 26.2 Å². The molecule has 27 heavy (non-hydrogen) atoms. The van der Waals surface area contributed by atoms with Gasteiger partial charge in [-0.15, -0.1) is 11.3 Å². The summed E-state index contributed by atoms with van der Waals surface area (Å²) >= 11 is 1.78. The SMILES string of the molecule is CC(=O)N(CC(C)C)CC1CN(Cc2cccs2)CC1c1ccc(F)cc1. The fraction of sp³-hybridized carbons (Fsp3) is 0.500. The van der Waals surface area contributed by atoms with Crippen molar-refractivity contribution in [3.63, 3.8) is 0 Å². The zero-order valence-corrected chi connectivity index (χ0v) is 17.2. The van der Waals surface area contributed by atoms with E-state index in [9.17, 15) is 9.18 Å². The summed E-state index contributed by atoms with van der Waals surface area (Å²) in [5.41, 5.74) is 1.17. The third-order valence-electron chi connectivity index (χ3n) is 5.26. The number of rotatable bonds is 7. The van der Waals surface area contributed by atoms with Crippen molar-refractivity contribution in [1.29, 1.82) is 0 Å². The minimum Gasteiger partial charge on any atom is -0.342 e. The molecule has 3 nitrogen and oxygen atoms in total. The predicted molar refractivity (Wildman–Crippen MR) is 109 cm³/mol. The number of nitrogens with zero attached hydrogens (tertiary/aromatic N) is 2. The standard InChI is InChI=1S/C22H29FN2OS/c1-16(2)11-25(17(3)26)13-19-12-24(14-21-5-4-10-27-21)15-22(19)18-6-8-20(23)9-7-18/h4-10,16,19,22H,11-15H2,1-3H3. The topological polar surface area (TPSA) is 23.6 Å². The van der Waals surface area contributed by atoms with Crippen molar-refractivity contribution in [1.82, 2.24) is 9.80 Å². The molecule has 0 N–H and O–H groups in total. The van der Waals surface area contributed by atoms with E-state index in [0.29, 0.717) is 17.8 Å². The van der Waals surface area contributed by atoms with E-state index in [-0.39, 0.29) is 11.7 Å². The number of benzene rings is 1. The number of carbonyl (C=O) groups is 1. The molecule has 2 atom stereocenters. The second-order valence-electron chi connectivity index (χ2n) is 8.01. The molecule has 1 aliphatic heterocycles. The molecule has 1 aromatic heterocycles. The summed E-state index contributed by atoms with van der Waals surface area (Å²) in [7, 11) is 0. The van der Waals surface area contributed by atoms with Gasteiger partial charge in [0.05, 0.1) is 0 Å². The number of hydrogen-bond donors (Lipinski definition) is 0. The van der Waals surface area contributed by atoms with Gasteiger partial charge in [-0.25, -0.2) is 4.39 Å². The van der Waals surface area contributed by atoms with Crippen LogP contribution in [0.3, 0.4) is 0 Å². The van der Waals surface area contributed by atoms with Gasteiger partial charge in [0, 0.05) is 50.4 Å². The number of carbonyl (C=O) groups excluding carboxylic acids is 1. The van der Waals surface area contributed by atoms with E-state index in [4.69, 9.17) is 0 Å². The van der Waals surface area contributed by atoms with Crippen LogP contribution in [0, 0.1) is 17.7 Å². The molecule has 1 fully saturated rings. The quantitative estimate of drug-likeness (QED) is 0.692. The van der Waals surface area contributed by atoms with Crippen LogP contribution in [0.2, 0.25) is 0 Å². The second kappa shape index (κ2) is 8.98. The van der Waals surface area contributed by atoms with Crippen LogP contribution in [0.1, 0.15) is 37.1 Å². The van der Waals surface area contributed by atoms with Crippen molar-refractivity contribution in [3.8, 4) is 0 Å². The van der Waals surface area contributed by atoms with Crippen LogP contribution in [0.5, 0.6) is 0 Å². The number of amides is 1. The molecule has 5 heteroatoms. The summed E-state index contributed by atoms with van der Waals surface area (Å²) in [6.07, 6.45) is 0. The normalized spacial score (nSPS) is 20.3. The highest BCUT2D eigenvalue weighted by atomic mass is 32.1. The zero-order chi connectivity index (χ0) is 19.4. The maximum atomic E-state index is 13.4. The summed E-state index contributed by atoms with van der Waals surface area (Å²) in [4.78, 5) is 18.0. The fourth-order valence-corrected chi connectivity index (χ4v) is 4.79. The molecule has 2 aromatic rings. The monoisotopic (exact) mass is 388 g/mol. The Morgan fingerprint density at radius 1 is 1.26 bits per heavy atom. The first-order valence-corrected chi connectivity index (χ1v) is 10.6. The van der Waals surface area contributed by atoms with Crippen molar-refractivity contribution < 1.29 is 9.18 Å². The Bertz CT molecular complexity index is 729. The van der Waals surface area contributed by atoms with Gasteiger partial charge in [-0.1, -0.05) is 32.0 Å². The lowest BCUT2D eigenvalue weighted by Gasteiger charge is -2.29. The van der Waals surface area contributed by atoms with E-state index in [0.717, 1.165) is 32.7 Å². The summed E-state index contributed by atoms with van der Waals surface area (Å²) in [6.45, 7) is 10.3. The number of thiophene rings is 1. The van der Waals surface area contributed by atoms with Gasteiger partial charge in [0.2, 0.25) is 5.91 Å². The van der Waals surface area contributed by atoms with Gasteiger partial charge in [-0.05, 0) is 41.0 Å². The zero-order valence-electron chi connectivity index (χ0n) is 16.4. The minimum absolute atomic E-state index is 0.137. The van der Waals surface area contributed by atoms with E-state index < -0.39 is 0 Å². The molecule has 0 radical (unpaired) electrons. The largest absolute Gasteiger partial charge is 0.342 e. The first-order chi connectivity index (χ1) is 12.9. The lowest BCUT2D eigenvalue weighted by atomic mass is 9.88. The molecule has 0 saturated carbocycles. The van der Waals surface area contributed by atoms with E-state index >= 15 is 0 Å². The molecule has 2 heterocycles. The summed E-state index contributed by atoms with van der Waals surface area (Å²) in [6, 6.07) is 11.2. The fourth-order valence-electron chi connectivity index (χ4n) is 4.04. The molecular weight excluding hydrogens is 359 g/mol. The van der Waals surface area contributed by atoms with Crippen LogP contribution < -0.4 is 0 Å². The van der Waals surface area contributed by atoms with Gasteiger partial charge >= 0.3 is 0 Å². The molecule has 0 aliphatic carbocycles. The molecule has 1 aromatic carbocycles. The van der Waals surface area contributed by atoms with Crippen LogP contribution in [0.4, 0.5) is 4.39 Å². The number of likely N-dealkylation sites (tertiary alicyclic amines) is 1. The van der Waals surface area contributed by atoms with Gasteiger partial charge in [-0.3, -0.25) is 9.69 Å². The van der Waals surface area contributed by atoms with E-state index in [1.54, 1.807) is 30.4 Å². The molecule has 3 rings (SSSR count). The van der Waals surface area contributed by atoms with Gasteiger partial charge in [-0.2, -0.15) is 0 Å². The van der Waals surface area contributed by atoms with Gasteiger partial charge in [0.1, 0.15) is 5.82 Å². The van der Waals surface area contributed by atoms with Crippen molar-refractivity contribution >= 4 is 17.2 Å². The maximum Gasteiger partial charge on any atom is 0.219 e. The van der Waals surface area contributed by atoms with Crippen molar-refractivity contribution in [2.45, 2.75) is 33.2 Å². The predicted octanol–water partition coefficient (Wildman–Crippen LogP) is 4.61. The molecule has 0 bridgehead atoms. The second-order valence-corrected chi connectivity index (χ2v) is 9.04. The first-order valence-electron chi connectivity index (χ1n) is 9.68.